The molecule has 15 nitrogen and oxygen atoms in total. The van der Waals surface area contributed by atoms with Crippen LogP contribution in [0.3, 0.4) is 0 Å². The number of anilines is 2. The number of nitro benzene ring substituents is 1. The third-order valence-electron chi connectivity index (χ3n) is 13.6. The standard InChI is InChI=1S/C46H59N8O7S/c1-45(2)12-10-32(38(27-45)39-28-46(3)25-33(39)26-46)30-52-16-18-53(19-17-52)34-6-8-37(42(23-34)61-35-22-31-11-14-48-43(31)49-29-35)44(56)50-62(59,60)36-7-9-40(41(24-36)54(57)58)47-13-5-15-51(4)20-21-55/h6-9,11,14,22-24,29,33,39,47H,5,10,12-13,15-21,25-28,30H2,1-4H3,(H,48,49)(H,50,56)/q-1/t33?,39-,46?/m1/s1. The lowest BCUT2D eigenvalue weighted by atomic mass is 9.67. The number of rotatable bonds is 17. The van der Waals surface area contributed by atoms with Crippen LogP contribution in [0.1, 0.15) is 76.1 Å². The van der Waals surface area contributed by atoms with Gasteiger partial charge in [0.25, 0.3) is 21.6 Å². The first kappa shape index (κ1) is 43.6. The van der Waals surface area contributed by atoms with Gasteiger partial charge >= 0.3 is 0 Å². The number of piperazine rings is 1. The van der Waals surface area contributed by atoms with Crippen LogP contribution >= 0.6 is 0 Å². The molecular weight excluding hydrogens is 809 g/mol. The number of likely N-dealkylation sites (N-methyl/N-ethyl adjacent to an activating group) is 1. The average molecular weight is 868 g/mol. The van der Waals surface area contributed by atoms with Crippen LogP contribution in [0.2, 0.25) is 0 Å². The van der Waals surface area contributed by atoms with Gasteiger partial charge in [-0.15, -0.1) is 6.61 Å². The molecular formula is C46H59N8O7S-. The van der Waals surface area contributed by atoms with Crippen molar-refractivity contribution in [1.82, 2.24) is 24.5 Å². The fourth-order valence-electron chi connectivity index (χ4n) is 10.3. The van der Waals surface area contributed by atoms with E-state index in [0.29, 0.717) is 48.3 Å². The van der Waals surface area contributed by atoms with E-state index >= 15 is 0 Å². The summed E-state index contributed by atoms with van der Waals surface area (Å²) < 4.78 is 35.8. The third-order valence-corrected chi connectivity index (χ3v) is 15.0. The number of amides is 1. The topological polar surface area (TPSA) is 189 Å². The van der Waals surface area contributed by atoms with Gasteiger partial charge in [-0.2, -0.15) is 0 Å². The first-order valence-electron chi connectivity index (χ1n) is 21.9. The number of fused-ring (bicyclic) bond motifs is 2. The molecule has 1 amide bonds. The van der Waals surface area contributed by atoms with Crippen LogP contribution in [-0.2, 0) is 10.0 Å². The van der Waals surface area contributed by atoms with E-state index in [9.17, 15) is 28.4 Å². The quantitative estimate of drug-likeness (QED) is 0.0451. The first-order chi connectivity index (χ1) is 29.6. The van der Waals surface area contributed by atoms with E-state index in [0.717, 1.165) is 61.7 Å². The number of nitrogens with one attached hydrogen (secondary N) is 3. The molecule has 5 aliphatic rings. The average Bonchev–Trinajstić information content (AvgIpc) is 3.93. The second-order valence-corrected chi connectivity index (χ2v) is 20.7. The molecule has 2 aromatic heterocycles. The Kier molecular flexibility index (Phi) is 12.4. The predicted octanol–water partition coefficient (Wildman–Crippen LogP) is 6.54. The molecule has 332 valence electrons. The van der Waals surface area contributed by atoms with Crippen molar-refractivity contribution in [3.05, 3.63) is 87.7 Å². The van der Waals surface area contributed by atoms with Gasteiger partial charge in [-0.25, -0.2) is 18.1 Å². The highest BCUT2D eigenvalue weighted by molar-refractivity contribution is 7.90. The van der Waals surface area contributed by atoms with E-state index in [1.165, 1.54) is 56.9 Å². The normalized spacial score (nSPS) is 22.5. The summed E-state index contributed by atoms with van der Waals surface area (Å²) in [5.74, 6) is 1.16. The number of hydrogen-bond acceptors (Lipinski definition) is 12. The number of ether oxygens (including phenoxy) is 1. The number of carbonyl (C=O) groups is 1. The lowest BCUT2D eigenvalue weighted by molar-refractivity contribution is -0.384. The maximum atomic E-state index is 13.9. The Balaban J connectivity index is 0.981. The van der Waals surface area contributed by atoms with E-state index in [4.69, 9.17) is 4.74 Å². The maximum Gasteiger partial charge on any atom is 0.293 e. The third kappa shape index (κ3) is 9.63. The fourth-order valence-corrected chi connectivity index (χ4v) is 11.3. The van der Waals surface area contributed by atoms with Gasteiger partial charge in [0.15, 0.2) is 0 Å². The Labute approximate surface area is 364 Å². The molecule has 2 aromatic carbocycles. The SMILES string of the molecule is CN(CC[O-])CCCNc1ccc(S(=O)(=O)NC(=O)c2ccc(N3CCN(CC4=C([C@@H]5CC6(C)CC5C6)CC(C)(C)CC4)CC3)cc2Oc2cnc3[nH]ccc3c2)cc1[N+](=O)[O-]. The van der Waals surface area contributed by atoms with Crippen molar-refractivity contribution in [1.29, 1.82) is 0 Å². The summed E-state index contributed by atoms with van der Waals surface area (Å²) >= 11 is 0. The molecule has 62 heavy (non-hydrogen) atoms. The summed E-state index contributed by atoms with van der Waals surface area (Å²) in [6.45, 7) is 12.8. The minimum Gasteiger partial charge on any atom is -0.854 e. The van der Waals surface area contributed by atoms with Gasteiger partial charge in [0.2, 0.25) is 0 Å². The molecule has 1 atom stereocenters. The predicted molar refractivity (Wildman–Crippen MR) is 238 cm³/mol. The number of allylic oxidation sites excluding steroid dienone is 1. The molecule has 0 unspecified atom stereocenters. The van der Waals surface area contributed by atoms with Crippen LogP contribution < -0.4 is 24.8 Å². The monoisotopic (exact) mass is 867 g/mol. The van der Waals surface area contributed by atoms with Gasteiger partial charge in [0, 0.05) is 68.7 Å². The van der Waals surface area contributed by atoms with Crippen LogP contribution in [-0.4, -0.2) is 105 Å². The highest BCUT2D eigenvalue weighted by Gasteiger charge is 2.54. The number of hydrogen-bond donors (Lipinski definition) is 3. The molecule has 0 radical (unpaired) electrons. The maximum absolute atomic E-state index is 13.9. The highest BCUT2D eigenvalue weighted by atomic mass is 32.2. The van der Waals surface area contributed by atoms with Gasteiger partial charge in [-0.1, -0.05) is 31.9 Å². The summed E-state index contributed by atoms with van der Waals surface area (Å²) in [5, 5.41) is 26.7. The number of aromatic amines is 1. The molecule has 9 rings (SSSR count). The zero-order valence-electron chi connectivity index (χ0n) is 36.2. The Morgan fingerprint density at radius 2 is 1.84 bits per heavy atom. The Morgan fingerprint density at radius 1 is 1.05 bits per heavy atom. The van der Waals surface area contributed by atoms with E-state index in [1.807, 2.05) is 18.0 Å². The molecule has 0 spiro atoms. The highest BCUT2D eigenvalue weighted by Crippen LogP contribution is 2.65. The molecule has 4 aliphatic carbocycles. The largest absolute Gasteiger partial charge is 0.854 e. The van der Waals surface area contributed by atoms with Gasteiger partial charge in [-0.3, -0.25) is 19.8 Å². The van der Waals surface area contributed by atoms with E-state index in [2.05, 4.69) is 50.6 Å². The van der Waals surface area contributed by atoms with E-state index < -0.39 is 31.4 Å². The number of pyridine rings is 1. The minimum atomic E-state index is -4.56. The van der Waals surface area contributed by atoms with Crippen molar-refractivity contribution in [2.45, 2.75) is 70.6 Å². The molecule has 4 fully saturated rings. The van der Waals surface area contributed by atoms with Crippen LogP contribution in [0.15, 0.2) is 77.0 Å². The van der Waals surface area contributed by atoms with Gasteiger partial charge in [0.1, 0.15) is 22.8 Å². The second kappa shape index (κ2) is 17.6. The lowest BCUT2D eigenvalue weighted by Crippen LogP contribution is -2.47. The number of nitrogens with zero attached hydrogens (tertiary/aromatic N) is 5. The van der Waals surface area contributed by atoms with Crippen molar-refractivity contribution in [2.24, 2.45) is 22.7 Å². The van der Waals surface area contributed by atoms with Gasteiger partial charge in [-0.05, 0) is 124 Å². The Bertz CT molecular complexity index is 2450. The number of carbonyl (C=O) groups excluding carboxylic acids is 1. The summed E-state index contributed by atoms with van der Waals surface area (Å²) in [7, 11) is -2.74. The smallest absolute Gasteiger partial charge is 0.293 e. The fraction of sp³-hybridized carbons (Fsp3) is 0.522. The molecule has 3 heterocycles. The number of benzene rings is 2. The van der Waals surface area contributed by atoms with E-state index in [-0.39, 0.29) is 23.6 Å². The molecule has 4 aromatic rings. The molecule has 2 bridgehead atoms. The number of H-pyrrole nitrogens is 1. The van der Waals surface area contributed by atoms with Crippen molar-refractivity contribution >= 4 is 44.0 Å². The molecule has 1 saturated heterocycles. The minimum absolute atomic E-state index is 0.0294. The lowest BCUT2D eigenvalue weighted by Gasteiger charge is -2.41. The van der Waals surface area contributed by atoms with Crippen molar-refractivity contribution in [3.8, 4) is 11.5 Å². The number of nitro groups is 1. The Hall–Kier alpha value is -5.03. The zero-order chi connectivity index (χ0) is 43.8. The van der Waals surface area contributed by atoms with Gasteiger partial charge in [0.05, 0.1) is 21.6 Å². The van der Waals surface area contributed by atoms with Crippen LogP contribution in [0.4, 0.5) is 17.1 Å². The van der Waals surface area contributed by atoms with E-state index in [1.54, 1.807) is 41.6 Å². The molecule has 3 saturated carbocycles. The second-order valence-electron chi connectivity index (χ2n) is 19.1. The summed E-state index contributed by atoms with van der Waals surface area (Å²) in [4.78, 5) is 39.0. The number of sulfonamides is 1. The van der Waals surface area contributed by atoms with Crippen molar-refractivity contribution in [2.75, 3.05) is 76.2 Å². The van der Waals surface area contributed by atoms with Crippen LogP contribution in [0, 0.1) is 32.8 Å². The Morgan fingerprint density at radius 3 is 2.56 bits per heavy atom. The molecule has 1 aliphatic heterocycles. The summed E-state index contributed by atoms with van der Waals surface area (Å²) in [6.07, 6.45) is 11.6. The zero-order valence-corrected chi connectivity index (χ0v) is 37.1. The van der Waals surface area contributed by atoms with Crippen LogP contribution in [0.25, 0.3) is 11.0 Å². The van der Waals surface area contributed by atoms with Crippen LogP contribution in [0.5, 0.6) is 11.5 Å². The van der Waals surface area contributed by atoms with Gasteiger partial charge < -0.3 is 29.9 Å². The number of aromatic nitrogens is 2. The molecule has 16 heteroatoms. The summed E-state index contributed by atoms with van der Waals surface area (Å²) in [5.41, 5.74) is 5.49. The van der Waals surface area contributed by atoms with Crippen molar-refractivity contribution < 1.29 is 28.0 Å². The first-order valence-corrected chi connectivity index (χ1v) is 23.4. The molecule has 3 N–H and O–H groups in total. The summed E-state index contributed by atoms with van der Waals surface area (Å²) in [6, 6.07) is 12.2. The van der Waals surface area contributed by atoms with Crippen molar-refractivity contribution in [3.63, 3.8) is 0 Å².